The number of hydrogen-bond acceptors (Lipinski definition) is 3. The molecule has 0 amide bonds. The van der Waals surface area contributed by atoms with E-state index >= 15 is 0 Å². The van der Waals surface area contributed by atoms with Gasteiger partial charge >= 0.3 is 0 Å². The first kappa shape index (κ1) is 21.4. The fourth-order valence-corrected chi connectivity index (χ4v) is 4.80. The monoisotopic (exact) mass is 391 g/mol. The number of hydrogen-bond donors (Lipinski definition) is 2. The fourth-order valence-electron chi connectivity index (χ4n) is 3.28. The first-order chi connectivity index (χ1) is 13.0. The van der Waals surface area contributed by atoms with Crippen LogP contribution >= 0.6 is 0 Å². The topological polar surface area (TPSA) is 62.1 Å². The summed E-state index contributed by atoms with van der Waals surface area (Å²) < 4.78 is 27.7. The van der Waals surface area contributed by atoms with Gasteiger partial charge in [0.05, 0.1) is 30.2 Å². The van der Waals surface area contributed by atoms with Crippen molar-refractivity contribution in [1.82, 2.24) is 0 Å². The van der Waals surface area contributed by atoms with Gasteiger partial charge in [-0.3, -0.25) is 4.31 Å². The molecule has 2 aromatic rings. The number of aliphatic hydroxyl groups excluding tert-OH is 1. The molecule has 0 aliphatic carbocycles. The lowest BCUT2D eigenvalue weighted by molar-refractivity contribution is -0.903. The molecule has 0 aliphatic heterocycles. The smallest absolute Gasteiger partial charge is 0.264 e. The van der Waals surface area contributed by atoms with E-state index in [4.69, 9.17) is 0 Å². The molecule has 0 spiro atoms. The van der Waals surface area contributed by atoms with E-state index in [0.29, 0.717) is 12.2 Å². The van der Waals surface area contributed by atoms with E-state index in [1.54, 1.807) is 54.6 Å². The van der Waals surface area contributed by atoms with E-state index in [2.05, 4.69) is 13.8 Å². The van der Waals surface area contributed by atoms with Crippen LogP contribution in [0.25, 0.3) is 0 Å². The lowest BCUT2D eigenvalue weighted by atomic mass is 10.2. The summed E-state index contributed by atoms with van der Waals surface area (Å²) in [4.78, 5) is 1.53. The Morgan fingerprint density at radius 2 is 1.44 bits per heavy atom. The van der Waals surface area contributed by atoms with E-state index in [1.165, 1.54) is 9.21 Å². The van der Waals surface area contributed by atoms with Gasteiger partial charge in [-0.2, -0.15) is 0 Å². The molecule has 148 valence electrons. The van der Waals surface area contributed by atoms with Gasteiger partial charge in [0, 0.05) is 0 Å². The number of benzene rings is 2. The van der Waals surface area contributed by atoms with Gasteiger partial charge in [0.25, 0.3) is 10.0 Å². The summed E-state index contributed by atoms with van der Waals surface area (Å²) >= 11 is 0. The second-order valence-electron chi connectivity index (χ2n) is 6.79. The van der Waals surface area contributed by atoms with Crippen LogP contribution in [-0.2, 0) is 10.0 Å². The van der Waals surface area contributed by atoms with Gasteiger partial charge in [0.15, 0.2) is 0 Å². The minimum Gasteiger partial charge on any atom is -0.385 e. The molecule has 0 unspecified atom stereocenters. The predicted octanol–water partition coefficient (Wildman–Crippen LogP) is 1.95. The van der Waals surface area contributed by atoms with Crippen molar-refractivity contribution >= 4 is 15.7 Å². The molecular formula is C21H31N2O3S+. The molecule has 2 N–H and O–H groups in total. The van der Waals surface area contributed by atoms with Crippen LogP contribution < -0.4 is 9.21 Å². The minimum absolute atomic E-state index is 0.0399. The van der Waals surface area contributed by atoms with Crippen molar-refractivity contribution in [3.63, 3.8) is 0 Å². The zero-order valence-corrected chi connectivity index (χ0v) is 17.0. The molecule has 0 aromatic heterocycles. The third-order valence-electron chi connectivity index (χ3n) is 4.48. The van der Waals surface area contributed by atoms with Gasteiger partial charge in [-0.05, 0) is 37.1 Å². The Morgan fingerprint density at radius 1 is 0.926 bits per heavy atom. The van der Waals surface area contributed by atoms with Crippen molar-refractivity contribution < 1.29 is 18.4 Å². The molecular weight excluding hydrogens is 360 g/mol. The maximum Gasteiger partial charge on any atom is 0.264 e. The van der Waals surface area contributed by atoms with Gasteiger partial charge < -0.3 is 10.0 Å². The highest BCUT2D eigenvalue weighted by atomic mass is 32.2. The number of aliphatic hydroxyl groups is 1. The van der Waals surface area contributed by atoms with E-state index < -0.39 is 16.1 Å². The van der Waals surface area contributed by atoms with Crippen LogP contribution in [0.2, 0.25) is 0 Å². The number of anilines is 1. The summed E-state index contributed by atoms with van der Waals surface area (Å²) in [5, 5.41) is 10.7. The second kappa shape index (κ2) is 10.4. The van der Waals surface area contributed by atoms with Crippen molar-refractivity contribution in [1.29, 1.82) is 0 Å². The van der Waals surface area contributed by atoms with Gasteiger partial charge in [0.1, 0.15) is 12.6 Å². The maximum atomic E-state index is 13.2. The van der Waals surface area contributed by atoms with Crippen molar-refractivity contribution in [3.8, 4) is 0 Å². The highest BCUT2D eigenvalue weighted by Gasteiger charge is 2.28. The van der Waals surface area contributed by atoms with Gasteiger partial charge in [-0.1, -0.05) is 50.2 Å². The average Bonchev–Trinajstić information content (AvgIpc) is 2.68. The van der Waals surface area contributed by atoms with Crippen LogP contribution in [0.3, 0.4) is 0 Å². The molecule has 1 atom stereocenters. The third-order valence-corrected chi connectivity index (χ3v) is 6.29. The van der Waals surface area contributed by atoms with E-state index in [-0.39, 0.29) is 11.4 Å². The molecule has 0 radical (unpaired) electrons. The lowest BCUT2D eigenvalue weighted by Gasteiger charge is -2.28. The number of rotatable bonds is 11. The summed E-state index contributed by atoms with van der Waals surface area (Å²) in [6.45, 7) is 6.77. The molecule has 2 aromatic carbocycles. The number of sulfonamides is 1. The lowest BCUT2D eigenvalue weighted by Crippen LogP contribution is -3.13. The Balaban J connectivity index is 2.26. The molecule has 0 saturated carbocycles. The molecule has 6 heteroatoms. The van der Waals surface area contributed by atoms with Gasteiger partial charge in [-0.25, -0.2) is 8.42 Å². The molecule has 2 rings (SSSR count). The summed E-state index contributed by atoms with van der Waals surface area (Å²) in [7, 11) is -3.75. The van der Waals surface area contributed by atoms with Crippen molar-refractivity contribution in [2.45, 2.75) is 37.7 Å². The van der Waals surface area contributed by atoms with Crippen LogP contribution in [0.4, 0.5) is 5.69 Å². The molecule has 0 heterocycles. The highest BCUT2D eigenvalue weighted by molar-refractivity contribution is 7.92. The van der Waals surface area contributed by atoms with Crippen LogP contribution in [0, 0.1) is 0 Å². The first-order valence-corrected chi connectivity index (χ1v) is 11.1. The summed E-state index contributed by atoms with van der Waals surface area (Å²) in [5.74, 6) is 0. The minimum atomic E-state index is -3.75. The van der Waals surface area contributed by atoms with E-state index in [0.717, 1.165) is 25.9 Å². The molecule has 5 nitrogen and oxygen atoms in total. The summed E-state index contributed by atoms with van der Waals surface area (Å²) in [5.41, 5.74) is 0.563. The zero-order chi connectivity index (χ0) is 19.7. The number of nitrogens with zero attached hydrogens (tertiary/aromatic N) is 1. The van der Waals surface area contributed by atoms with Gasteiger partial charge in [-0.15, -0.1) is 0 Å². The van der Waals surface area contributed by atoms with E-state index in [9.17, 15) is 13.5 Å². The zero-order valence-electron chi connectivity index (χ0n) is 16.2. The number of para-hydroxylation sites is 1. The molecule has 0 aliphatic rings. The Hall–Kier alpha value is -1.89. The normalized spacial score (nSPS) is 12.9. The molecule has 0 bridgehead atoms. The van der Waals surface area contributed by atoms with Crippen molar-refractivity contribution in [3.05, 3.63) is 60.7 Å². The Kier molecular flexibility index (Phi) is 8.28. The fraction of sp³-hybridized carbons (Fsp3) is 0.429. The quantitative estimate of drug-likeness (QED) is 0.615. The standard InChI is InChI=1S/C21H30N2O3S/c1-3-15-22(16-4-2)17-20(24)18-23(19-11-7-5-8-12-19)27(25,26)21-13-9-6-10-14-21/h5-14,20,24H,3-4,15-18H2,1-2H3/p+1/t20-/m1/s1. The number of quaternary nitrogens is 1. The largest absolute Gasteiger partial charge is 0.385 e. The Morgan fingerprint density at radius 3 is 1.96 bits per heavy atom. The van der Waals surface area contributed by atoms with E-state index in [1.807, 2.05) is 6.07 Å². The highest BCUT2D eigenvalue weighted by Crippen LogP contribution is 2.23. The summed E-state index contributed by atoms with van der Waals surface area (Å²) in [6.07, 6.45) is 1.33. The first-order valence-electron chi connectivity index (χ1n) is 9.63. The Labute approximate surface area is 163 Å². The molecule has 27 heavy (non-hydrogen) atoms. The molecule has 0 fully saturated rings. The van der Waals surface area contributed by atoms with Gasteiger partial charge in [0.2, 0.25) is 0 Å². The maximum absolute atomic E-state index is 13.2. The van der Waals surface area contributed by atoms with Crippen LogP contribution in [-0.4, -0.2) is 45.8 Å². The van der Waals surface area contributed by atoms with Crippen LogP contribution in [0.5, 0.6) is 0 Å². The SMILES string of the molecule is CCC[NH+](CCC)C[C@@H](O)CN(c1ccccc1)S(=O)(=O)c1ccccc1. The number of nitrogens with one attached hydrogen (secondary N) is 1. The Bertz CT molecular complexity index is 761. The molecule has 0 saturated heterocycles. The van der Waals surface area contributed by atoms with Crippen molar-refractivity contribution in [2.75, 3.05) is 30.5 Å². The van der Waals surface area contributed by atoms with Crippen molar-refractivity contribution in [2.24, 2.45) is 0 Å². The van der Waals surface area contributed by atoms with Crippen LogP contribution in [0.15, 0.2) is 65.6 Å². The predicted molar refractivity (Wildman–Crippen MR) is 110 cm³/mol. The average molecular weight is 392 g/mol. The van der Waals surface area contributed by atoms with Crippen LogP contribution in [0.1, 0.15) is 26.7 Å². The third kappa shape index (κ3) is 6.06. The summed E-state index contributed by atoms with van der Waals surface area (Å²) in [6, 6.07) is 17.4. The second-order valence-corrected chi connectivity index (χ2v) is 8.66.